The quantitative estimate of drug-likeness (QED) is 0.496. The molecular formula is C24H25F3N4O2S. The van der Waals surface area contributed by atoms with Gasteiger partial charge in [-0.25, -0.2) is 31.3 Å². The molecule has 1 aliphatic rings. The molecule has 1 aromatic carbocycles. The molecule has 2 heterocycles. The van der Waals surface area contributed by atoms with Gasteiger partial charge in [-0.05, 0) is 36.0 Å². The number of nitrogens with one attached hydrogen (secondary N) is 1. The van der Waals surface area contributed by atoms with E-state index in [1.165, 1.54) is 6.07 Å². The second kappa shape index (κ2) is 8.71. The van der Waals surface area contributed by atoms with Crippen LogP contribution in [0.5, 0.6) is 0 Å². The van der Waals surface area contributed by atoms with Crippen LogP contribution in [0.15, 0.2) is 36.7 Å². The molecule has 1 unspecified atom stereocenters. The number of fused-ring (bicyclic) bond motifs is 1. The molecule has 6 nitrogen and oxygen atoms in total. The van der Waals surface area contributed by atoms with Crippen molar-refractivity contribution in [2.24, 2.45) is 5.41 Å². The van der Waals surface area contributed by atoms with E-state index in [0.717, 1.165) is 6.20 Å². The van der Waals surface area contributed by atoms with Gasteiger partial charge in [-0.15, -0.1) is 0 Å². The lowest BCUT2D eigenvalue weighted by atomic mass is 9.96. The van der Waals surface area contributed by atoms with E-state index in [1.54, 1.807) is 29.0 Å². The summed E-state index contributed by atoms with van der Waals surface area (Å²) in [5.74, 6) is -0.605. The zero-order valence-corrected chi connectivity index (χ0v) is 19.8. The van der Waals surface area contributed by atoms with Gasteiger partial charge in [0.2, 0.25) is 10.0 Å². The van der Waals surface area contributed by atoms with Gasteiger partial charge in [0, 0.05) is 34.8 Å². The second-order valence-electron chi connectivity index (χ2n) is 9.84. The van der Waals surface area contributed by atoms with Gasteiger partial charge in [0.1, 0.15) is 23.6 Å². The fourth-order valence-corrected chi connectivity index (χ4v) is 5.56. The zero-order chi connectivity index (χ0) is 24.8. The summed E-state index contributed by atoms with van der Waals surface area (Å²) < 4.78 is 71.1. The molecule has 34 heavy (non-hydrogen) atoms. The Morgan fingerprint density at radius 1 is 1.26 bits per heavy atom. The summed E-state index contributed by atoms with van der Waals surface area (Å²) >= 11 is 0. The summed E-state index contributed by atoms with van der Waals surface area (Å²) in [5, 5.41) is 9.23. The lowest BCUT2D eigenvalue weighted by Gasteiger charge is -2.20. The first-order valence-corrected chi connectivity index (χ1v) is 12.4. The van der Waals surface area contributed by atoms with Crippen LogP contribution in [0.1, 0.15) is 50.9 Å². The first kappa shape index (κ1) is 24.2. The smallest absolute Gasteiger partial charge is 0.258 e. The van der Waals surface area contributed by atoms with Crippen LogP contribution in [0.4, 0.5) is 13.2 Å². The Labute approximate surface area is 196 Å². The number of halogens is 3. The lowest BCUT2D eigenvalue weighted by Crippen LogP contribution is -2.35. The molecule has 4 rings (SSSR count). The Morgan fingerprint density at radius 3 is 2.56 bits per heavy atom. The number of aromatic nitrogens is 2. The van der Waals surface area contributed by atoms with Crippen LogP contribution in [0.3, 0.4) is 0 Å². The van der Waals surface area contributed by atoms with Gasteiger partial charge in [0.25, 0.3) is 6.43 Å². The van der Waals surface area contributed by atoms with Gasteiger partial charge in [0.05, 0.1) is 11.4 Å². The average molecular weight is 491 g/mol. The predicted octanol–water partition coefficient (Wildman–Crippen LogP) is 5.15. The number of nitriles is 1. The molecular weight excluding hydrogens is 465 g/mol. The van der Waals surface area contributed by atoms with E-state index in [4.69, 9.17) is 0 Å². The van der Waals surface area contributed by atoms with Crippen LogP contribution in [0, 0.1) is 22.6 Å². The van der Waals surface area contributed by atoms with E-state index < -0.39 is 33.6 Å². The highest BCUT2D eigenvalue weighted by atomic mass is 32.2. The summed E-state index contributed by atoms with van der Waals surface area (Å²) in [6.45, 7) is 6.44. The minimum absolute atomic E-state index is 0.0394. The fourth-order valence-electron chi connectivity index (χ4n) is 4.03. The van der Waals surface area contributed by atoms with Gasteiger partial charge >= 0.3 is 0 Å². The molecule has 10 heteroatoms. The van der Waals surface area contributed by atoms with Crippen molar-refractivity contribution in [1.82, 2.24) is 14.3 Å². The van der Waals surface area contributed by atoms with Crippen molar-refractivity contribution in [3.05, 3.63) is 53.7 Å². The molecule has 0 aliphatic heterocycles. The number of alkyl halides is 2. The van der Waals surface area contributed by atoms with Gasteiger partial charge in [-0.3, -0.25) is 0 Å². The van der Waals surface area contributed by atoms with Gasteiger partial charge in [0.15, 0.2) is 0 Å². The maximum atomic E-state index is 14.1. The summed E-state index contributed by atoms with van der Waals surface area (Å²) in [6, 6.07) is 6.34. The molecule has 1 N–H and O–H groups in total. The Morgan fingerprint density at radius 2 is 1.97 bits per heavy atom. The summed E-state index contributed by atoms with van der Waals surface area (Å²) in [5.41, 5.74) is 1.36. The Balaban J connectivity index is 1.89. The van der Waals surface area contributed by atoms with Crippen molar-refractivity contribution < 1.29 is 21.6 Å². The van der Waals surface area contributed by atoms with Crippen LogP contribution < -0.4 is 4.72 Å². The van der Waals surface area contributed by atoms with Crippen molar-refractivity contribution in [3.8, 4) is 17.2 Å². The van der Waals surface area contributed by atoms with E-state index in [2.05, 4.69) is 9.71 Å². The number of hydrogen-bond donors (Lipinski definition) is 1. The minimum atomic E-state index is -3.86. The predicted molar refractivity (Wildman–Crippen MR) is 123 cm³/mol. The molecule has 0 amide bonds. The Hall–Kier alpha value is -2.90. The van der Waals surface area contributed by atoms with Crippen molar-refractivity contribution in [2.45, 2.75) is 57.9 Å². The summed E-state index contributed by atoms with van der Waals surface area (Å²) in [6.07, 6.45) is 0.480. The zero-order valence-electron chi connectivity index (χ0n) is 19.0. The van der Waals surface area contributed by atoms with Gasteiger partial charge in [-0.1, -0.05) is 32.9 Å². The molecule has 2 aromatic heterocycles. The lowest BCUT2D eigenvalue weighted by molar-refractivity contribution is 0.109. The van der Waals surface area contributed by atoms with Crippen molar-refractivity contribution in [3.63, 3.8) is 0 Å². The molecule has 0 radical (unpaired) electrons. The molecule has 1 fully saturated rings. The number of benzene rings is 1. The third-order valence-electron chi connectivity index (χ3n) is 5.67. The van der Waals surface area contributed by atoms with Gasteiger partial charge in [-0.2, -0.15) is 5.26 Å². The van der Waals surface area contributed by atoms with Crippen LogP contribution in [0.25, 0.3) is 22.0 Å². The van der Waals surface area contributed by atoms with Crippen molar-refractivity contribution >= 4 is 20.9 Å². The minimum Gasteiger partial charge on any atom is -0.347 e. The van der Waals surface area contributed by atoms with Crippen LogP contribution in [-0.2, 0) is 16.6 Å². The van der Waals surface area contributed by atoms with Crippen molar-refractivity contribution in [1.29, 1.82) is 5.26 Å². The number of hydrogen-bond acceptors (Lipinski definition) is 4. The number of rotatable bonds is 7. The first-order chi connectivity index (χ1) is 15.9. The molecule has 0 spiro atoms. The summed E-state index contributed by atoms with van der Waals surface area (Å²) in [7, 11) is -3.86. The normalized spacial score (nSPS) is 15.6. The van der Waals surface area contributed by atoms with E-state index >= 15 is 0 Å². The highest BCUT2D eigenvalue weighted by Gasteiger charge is 2.40. The van der Waals surface area contributed by atoms with Crippen LogP contribution in [-0.4, -0.2) is 29.6 Å². The number of pyridine rings is 1. The standard InChI is InChI=1S/C24H25F3N4O2S/c1-24(2,3)13-31-12-19(22(23(26)27)30-34(32,33)16-5-6-16)17-7-4-14(8-21(17)31)18-9-15(25)11-29-20(18)10-28/h4,7-9,11-12,16,22-23,30H,5-6,13H2,1-3H3. The van der Waals surface area contributed by atoms with Gasteiger partial charge < -0.3 is 4.57 Å². The maximum absolute atomic E-state index is 14.1. The maximum Gasteiger partial charge on any atom is 0.258 e. The Kier molecular flexibility index (Phi) is 6.21. The monoisotopic (exact) mass is 490 g/mol. The van der Waals surface area contributed by atoms with Crippen LogP contribution in [0.2, 0.25) is 0 Å². The van der Waals surface area contributed by atoms with E-state index in [9.17, 15) is 26.9 Å². The first-order valence-electron chi connectivity index (χ1n) is 10.9. The van der Waals surface area contributed by atoms with E-state index in [1.807, 2.05) is 26.8 Å². The highest BCUT2D eigenvalue weighted by Crippen LogP contribution is 2.37. The number of nitrogens with zero attached hydrogens (tertiary/aromatic N) is 3. The molecule has 1 saturated carbocycles. The molecule has 0 bridgehead atoms. The fraction of sp³-hybridized carbons (Fsp3) is 0.417. The molecule has 180 valence electrons. The highest BCUT2D eigenvalue weighted by molar-refractivity contribution is 7.90. The Bertz CT molecular complexity index is 1380. The SMILES string of the molecule is CC(C)(C)Cn1cc(C(NS(=O)(=O)C2CC2)C(F)F)c2ccc(-c3cc(F)cnc3C#N)cc21. The average Bonchev–Trinajstić information content (AvgIpc) is 3.56. The number of sulfonamides is 1. The van der Waals surface area contributed by atoms with E-state index in [-0.39, 0.29) is 22.2 Å². The molecule has 0 saturated heterocycles. The molecule has 1 aliphatic carbocycles. The third-order valence-corrected chi connectivity index (χ3v) is 7.60. The van der Waals surface area contributed by atoms with Crippen molar-refractivity contribution in [2.75, 3.05) is 0 Å². The van der Waals surface area contributed by atoms with E-state index in [0.29, 0.717) is 35.9 Å². The third kappa shape index (κ3) is 4.95. The van der Waals surface area contributed by atoms with Crippen LogP contribution >= 0.6 is 0 Å². The molecule has 1 atom stereocenters. The second-order valence-corrected chi connectivity index (χ2v) is 11.8. The largest absolute Gasteiger partial charge is 0.347 e. The summed E-state index contributed by atoms with van der Waals surface area (Å²) in [4.78, 5) is 3.84. The molecule has 3 aromatic rings. The topological polar surface area (TPSA) is 87.8 Å².